The van der Waals surface area contributed by atoms with E-state index >= 15 is 0 Å². The van der Waals surface area contributed by atoms with Gasteiger partial charge in [0.25, 0.3) is 0 Å². The molecule has 6 heteroatoms. The first-order chi connectivity index (χ1) is 13.7. The highest BCUT2D eigenvalue weighted by Gasteiger charge is 2.45. The lowest BCUT2D eigenvalue weighted by Gasteiger charge is -2.23. The van der Waals surface area contributed by atoms with Gasteiger partial charge in [-0.3, -0.25) is 4.79 Å². The van der Waals surface area contributed by atoms with Gasteiger partial charge < -0.3 is 18.6 Å². The Morgan fingerprint density at radius 3 is 2.96 bits per heavy atom. The molecular weight excluding hydrogens is 354 g/mol. The number of carbonyl (C=O) groups is 1. The molecule has 1 spiro atoms. The largest absolute Gasteiger partial charge is 0.496 e. The number of amides is 1. The Morgan fingerprint density at radius 1 is 1.25 bits per heavy atom. The van der Waals surface area contributed by atoms with E-state index in [2.05, 4.69) is 15.6 Å². The van der Waals surface area contributed by atoms with Gasteiger partial charge in [-0.05, 0) is 30.7 Å². The fourth-order valence-corrected chi connectivity index (χ4v) is 4.62. The van der Waals surface area contributed by atoms with Crippen LogP contribution >= 0.6 is 0 Å². The summed E-state index contributed by atoms with van der Waals surface area (Å²) in [5, 5.41) is 0. The van der Waals surface area contributed by atoms with Gasteiger partial charge in [0, 0.05) is 37.0 Å². The Kier molecular flexibility index (Phi) is 4.00. The summed E-state index contributed by atoms with van der Waals surface area (Å²) in [6.45, 7) is 2.47. The smallest absolute Gasteiger partial charge is 0.230 e. The van der Waals surface area contributed by atoms with E-state index in [4.69, 9.17) is 9.15 Å². The van der Waals surface area contributed by atoms with Crippen molar-refractivity contribution in [1.82, 2.24) is 14.5 Å². The van der Waals surface area contributed by atoms with Crippen molar-refractivity contribution in [2.45, 2.75) is 25.8 Å². The Bertz CT molecular complexity index is 1010. The highest BCUT2D eigenvalue weighted by Crippen LogP contribution is 2.43. The molecule has 2 aromatic heterocycles. The van der Waals surface area contributed by atoms with Crippen LogP contribution in [-0.4, -0.2) is 40.6 Å². The van der Waals surface area contributed by atoms with E-state index in [9.17, 15) is 4.79 Å². The molecule has 1 fully saturated rings. The summed E-state index contributed by atoms with van der Waals surface area (Å²) in [7, 11) is 1.70. The zero-order valence-corrected chi connectivity index (χ0v) is 15.9. The average molecular weight is 377 g/mol. The number of nitrogens with zero attached hydrogens (tertiary/aromatic N) is 3. The number of ether oxygens (including phenoxy) is 1. The van der Waals surface area contributed by atoms with Gasteiger partial charge in [0.2, 0.25) is 5.91 Å². The number of furan rings is 1. The number of carbonyl (C=O) groups excluding carboxylic acids is 1. The first-order valence-electron chi connectivity index (χ1n) is 9.65. The van der Waals surface area contributed by atoms with Crippen molar-refractivity contribution >= 4 is 5.91 Å². The minimum atomic E-state index is 0.0825. The predicted octanol–water partition coefficient (Wildman–Crippen LogP) is 3.17. The third-order valence-corrected chi connectivity index (χ3v) is 6.04. The van der Waals surface area contributed by atoms with Gasteiger partial charge in [-0.2, -0.15) is 0 Å². The van der Waals surface area contributed by atoms with Crippen LogP contribution in [0.25, 0.3) is 11.3 Å². The second kappa shape index (κ2) is 6.55. The van der Waals surface area contributed by atoms with Crippen molar-refractivity contribution in [2.75, 3.05) is 20.2 Å². The molecule has 5 rings (SSSR count). The van der Waals surface area contributed by atoms with E-state index in [-0.39, 0.29) is 11.3 Å². The Morgan fingerprint density at radius 2 is 2.14 bits per heavy atom. The van der Waals surface area contributed by atoms with Gasteiger partial charge in [0.05, 0.1) is 31.7 Å². The molecule has 28 heavy (non-hydrogen) atoms. The molecule has 0 radical (unpaired) electrons. The second-order valence-electron chi connectivity index (χ2n) is 7.84. The highest BCUT2D eigenvalue weighted by molar-refractivity contribution is 5.78. The van der Waals surface area contributed by atoms with Crippen molar-refractivity contribution in [3.05, 3.63) is 60.4 Å². The summed E-state index contributed by atoms with van der Waals surface area (Å²) in [5.41, 5.74) is 2.23. The van der Waals surface area contributed by atoms with Crippen molar-refractivity contribution in [3.63, 3.8) is 0 Å². The zero-order chi connectivity index (χ0) is 19.1. The Balaban J connectivity index is 1.35. The summed E-state index contributed by atoms with van der Waals surface area (Å²) < 4.78 is 13.2. The molecule has 2 aliphatic heterocycles. The van der Waals surface area contributed by atoms with Crippen LogP contribution in [0.4, 0.5) is 0 Å². The molecule has 3 aromatic rings. The first kappa shape index (κ1) is 17.1. The van der Waals surface area contributed by atoms with E-state index in [1.54, 1.807) is 13.4 Å². The summed E-state index contributed by atoms with van der Waals surface area (Å²) >= 11 is 0. The van der Waals surface area contributed by atoms with Crippen LogP contribution in [0, 0.1) is 5.41 Å². The lowest BCUT2D eigenvalue weighted by atomic mass is 9.86. The summed E-state index contributed by atoms with van der Waals surface area (Å²) in [6.07, 6.45) is 5.80. The van der Waals surface area contributed by atoms with Gasteiger partial charge in [-0.1, -0.05) is 12.1 Å². The number of hydrogen-bond donors (Lipinski definition) is 0. The Hall–Kier alpha value is -3.02. The van der Waals surface area contributed by atoms with E-state index in [1.807, 2.05) is 41.4 Å². The quantitative estimate of drug-likeness (QED) is 0.701. The van der Waals surface area contributed by atoms with Gasteiger partial charge >= 0.3 is 0 Å². The number of fused-ring (bicyclic) bond motifs is 1. The van der Waals surface area contributed by atoms with Gasteiger partial charge in [-0.25, -0.2) is 4.98 Å². The zero-order valence-electron chi connectivity index (χ0n) is 15.9. The van der Waals surface area contributed by atoms with Crippen molar-refractivity contribution in [1.29, 1.82) is 0 Å². The van der Waals surface area contributed by atoms with Crippen LogP contribution in [0.3, 0.4) is 0 Å². The second-order valence-corrected chi connectivity index (χ2v) is 7.84. The van der Waals surface area contributed by atoms with Crippen LogP contribution in [-0.2, 0) is 24.2 Å². The normalized spacial score (nSPS) is 20.7. The minimum absolute atomic E-state index is 0.0825. The number of benzene rings is 1. The molecule has 1 saturated heterocycles. The third-order valence-electron chi connectivity index (χ3n) is 6.04. The van der Waals surface area contributed by atoms with Crippen LogP contribution in [0.5, 0.6) is 5.75 Å². The van der Waals surface area contributed by atoms with Crippen molar-refractivity contribution in [2.24, 2.45) is 5.41 Å². The summed E-state index contributed by atoms with van der Waals surface area (Å²) in [5.74, 6) is 2.82. The molecule has 0 saturated carbocycles. The van der Waals surface area contributed by atoms with Crippen LogP contribution in [0.2, 0.25) is 0 Å². The SMILES string of the molecule is COc1ccccc1-c1cnc2n1C[C@@]1(CCN(C(=O)Cc3ccco3)C1)C2. The maximum absolute atomic E-state index is 12.7. The maximum atomic E-state index is 12.7. The van der Waals surface area contributed by atoms with E-state index < -0.39 is 0 Å². The number of aromatic nitrogens is 2. The highest BCUT2D eigenvalue weighted by atomic mass is 16.5. The van der Waals surface area contributed by atoms with Gasteiger partial charge in [-0.15, -0.1) is 0 Å². The van der Waals surface area contributed by atoms with Crippen molar-refractivity contribution in [3.8, 4) is 17.0 Å². The molecule has 6 nitrogen and oxygen atoms in total. The molecule has 4 heterocycles. The molecule has 1 amide bonds. The number of imidazole rings is 1. The van der Waals surface area contributed by atoms with Crippen molar-refractivity contribution < 1.29 is 13.9 Å². The van der Waals surface area contributed by atoms with E-state index in [0.717, 1.165) is 61.1 Å². The van der Waals surface area contributed by atoms with E-state index in [1.165, 1.54) is 0 Å². The average Bonchev–Trinajstić information content (AvgIpc) is 3.48. The molecule has 2 aliphatic rings. The lowest BCUT2D eigenvalue weighted by molar-refractivity contribution is -0.130. The van der Waals surface area contributed by atoms with Crippen LogP contribution < -0.4 is 4.74 Å². The van der Waals surface area contributed by atoms with Gasteiger partial charge in [0.1, 0.15) is 17.3 Å². The van der Waals surface area contributed by atoms with Gasteiger partial charge in [0.15, 0.2) is 0 Å². The fourth-order valence-electron chi connectivity index (χ4n) is 4.62. The standard InChI is InChI=1S/C22H23N3O3/c1-27-19-7-3-2-6-17(19)18-13-23-20-12-22(15-25(18)20)8-9-24(14-22)21(26)11-16-5-4-10-28-16/h2-7,10,13H,8-9,11-12,14-15H2,1H3/t22-/m0/s1. The predicted molar refractivity (Wildman–Crippen MR) is 104 cm³/mol. The number of hydrogen-bond acceptors (Lipinski definition) is 4. The molecule has 1 aromatic carbocycles. The topological polar surface area (TPSA) is 60.5 Å². The number of para-hydroxylation sites is 1. The van der Waals surface area contributed by atoms with Crippen LogP contribution in [0.1, 0.15) is 18.0 Å². The molecule has 1 atom stereocenters. The lowest BCUT2D eigenvalue weighted by Crippen LogP contribution is -2.34. The molecular formula is C22H23N3O3. The fraction of sp³-hybridized carbons (Fsp3) is 0.364. The number of methoxy groups -OCH3 is 1. The maximum Gasteiger partial charge on any atom is 0.230 e. The first-order valence-corrected chi connectivity index (χ1v) is 9.65. The monoisotopic (exact) mass is 377 g/mol. The summed E-state index contributed by atoms with van der Waals surface area (Å²) in [4.78, 5) is 19.3. The third kappa shape index (κ3) is 2.80. The molecule has 0 aliphatic carbocycles. The minimum Gasteiger partial charge on any atom is -0.496 e. The number of likely N-dealkylation sites (tertiary alicyclic amines) is 1. The molecule has 0 unspecified atom stereocenters. The molecule has 0 bridgehead atoms. The molecule has 0 N–H and O–H groups in total. The van der Waals surface area contributed by atoms with Crippen LogP contribution in [0.15, 0.2) is 53.3 Å². The van der Waals surface area contributed by atoms with E-state index in [0.29, 0.717) is 6.42 Å². The Labute approximate surface area is 163 Å². The molecule has 144 valence electrons. The number of rotatable bonds is 4. The summed E-state index contributed by atoms with van der Waals surface area (Å²) in [6, 6.07) is 11.7.